The first-order valence-corrected chi connectivity index (χ1v) is 10.1. The molecule has 2 aromatic rings. The van der Waals surface area contributed by atoms with Crippen LogP contribution in [0, 0.1) is 5.92 Å². The van der Waals surface area contributed by atoms with Gasteiger partial charge in [-0.25, -0.2) is 23.1 Å². The Labute approximate surface area is 154 Å². The Balaban J connectivity index is 2.06. The summed E-state index contributed by atoms with van der Waals surface area (Å²) in [5, 5.41) is 2.86. The van der Waals surface area contributed by atoms with Crippen LogP contribution in [0.3, 0.4) is 0 Å². The Morgan fingerprint density at radius 2 is 1.62 bits per heavy atom. The molecule has 0 aliphatic heterocycles. The first kappa shape index (κ1) is 19.8. The summed E-state index contributed by atoms with van der Waals surface area (Å²) in [6.45, 7) is 4.11. The molecule has 140 valence electrons. The average molecular weight is 376 g/mol. The minimum atomic E-state index is -3.78. The molecule has 0 saturated heterocycles. The van der Waals surface area contributed by atoms with Crippen molar-refractivity contribution in [1.82, 2.24) is 9.97 Å². The van der Waals surface area contributed by atoms with E-state index in [4.69, 9.17) is 0 Å². The molecule has 0 aliphatic rings. The van der Waals surface area contributed by atoms with Crippen LogP contribution in [-0.4, -0.2) is 24.3 Å². The quantitative estimate of drug-likeness (QED) is 0.698. The average Bonchev–Trinajstić information content (AvgIpc) is 2.62. The van der Waals surface area contributed by atoms with E-state index in [9.17, 15) is 13.2 Å². The number of anilines is 2. The Morgan fingerprint density at radius 1 is 1.04 bits per heavy atom. The summed E-state index contributed by atoms with van der Waals surface area (Å²) in [6, 6.07) is 7.63. The molecule has 8 heteroatoms. The molecule has 0 atom stereocenters. The Morgan fingerprint density at radius 3 is 2.15 bits per heavy atom. The molecule has 1 aromatic carbocycles. The molecule has 26 heavy (non-hydrogen) atoms. The third-order valence-electron chi connectivity index (χ3n) is 3.87. The summed E-state index contributed by atoms with van der Waals surface area (Å²) in [4.78, 5) is 20.1. The molecular formula is C18H24N4O3S. The molecule has 0 aliphatic carbocycles. The Bertz CT molecular complexity index is 802. The number of carbonyl (C=O) groups excluding carboxylic acids is 1. The van der Waals surface area contributed by atoms with Crippen molar-refractivity contribution in [3.63, 3.8) is 0 Å². The van der Waals surface area contributed by atoms with Gasteiger partial charge in [0, 0.05) is 24.0 Å². The molecule has 2 N–H and O–H groups in total. The second-order valence-corrected chi connectivity index (χ2v) is 7.65. The molecule has 0 radical (unpaired) electrons. The van der Waals surface area contributed by atoms with Crippen molar-refractivity contribution >= 4 is 27.6 Å². The Hall–Kier alpha value is -2.48. The van der Waals surface area contributed by atoms with Gasteiger partial charge in [-0.2, -0.15) is 0 Å². The lowest BCUT2D eigenvalue weighted by atomic mass is 9.97. The standard InChI is InChI=1S/C18H24N4O3S/c1-3-6-14(7-4-2)17(23)21-15-8-10-16(11-9-15)26(24,25)22-18-19-12-5-13-20-18/h5,8-14H,3-4,6-7H2,1-2H3,(H,21,23)(H,19,20,22). The number of nitrogens with zero attached hydrogens (tertiary/aromatic N) is 2. The molecule has 2 rings (SSSR count). The van der Waals surface area contributed by atoms with E-state index < -0.39 is 10.0 Å². The first-order valence-electron chi connectivity index (χ1n) is 8.67. The van der Waals surface area contributed by atoms with E-state index in [0.717, 1.165) is 25.7 Å². The van der Waals surface area contributed by atoms with E-state index >= 15 is 0 Å². The fraction of sp³-hybridized carbons (Fsp3) is 0.389. The van der Waals surface area contributed by atoms with Crippen molar-refractivity contribution in [3.8, 4) is 0 Å². The van der Waals surface area contributed by atoms with Crippen LogP contribution in [0.5, 0.6) is 0 Å². The largest absolute Gasteiger partial charge is 0.326 e. The van der Waals surface area contributed by atoms with Crippen LogP contribution >= 0.6 is 0 Å². The van der Waals surface area contributed by atoms with Gasteiger partial charge in [-0.15, -0.1) is 0 Å². The minimum Gasteiger partial charge on any atom is -0.326 e. The van der Waals surface area contributed by atoms with Crippen LogP contribution in [0.25, 0.3) is 0 Å². The number of amides is 1. The molecule has 0 bridgehead atoms. The maximum absolute atomic E-state index is 12.4. The molecule has 0 unspecified atom stereocenters. The van der Waals surface area contributed by atoms with E-state index in [0.29, 0.717) is 5.69 Å². The number of sulfonamides is 1. The van der Waals surface area contributed by atoms with Gasteiger partial charge in [0.2, 0.25) is 11.9 Å². The van der Waals surface area contributed by atoms with Gasteiger partial charge in [0.05, 0.1) is 4.90 Å². The number of carbonyl (C=O) groups is 1. The van der Waals surface area contributed by atoms with Crippen LogP contribution in [0.15, 0.2) is 47.6 Å². The fourth-order valence-electron chi connectivity index (χ4n) is 2.60. The lowest BCUT2D eigenvalue weighted by molar-refractivity contribution is -0.120. The van der Waals surface area contributed by atoms with Crippen molar-refractivity contribution in [2.45, 2.75) is 44.4 Å². The lowest BCUT2D eigenvalue weighted by Crippen LogP contribution is -2.22. The second kappa shape index (κ2) is 9.28. The van der Waals surface area contributed by atoms with Gasteiger partial charge in [-0.3, -0.25) is 4.79 Å². The highest BCUT2D eigenvalue weighted by atomic mass is 32.2. The summed E-state index contributed by atoms with van der Waals surface area (Å²) in [6.07, 6.45) is 6.48. The molecule has 1 aromatic heterocycles. The first-order chi connectivity index (χ1) is 12.5. The van der Waals surface area contributed by atoms with Crippen molar-refractivity contribution < 1.29 is 13.2 Å². The third kappa shape index (κ3) is 5.52. The predicted octanol–water partition coefficient (Wildman–Crippen LogP) is 3.43. The number of hydrogen-bond donors (Lipinski definition) is 2. The number of benzene rings is 1. The highest BCUT2D eigenvalue weighted by Crippen LogP contribution is 2.19. The maximum atomic E-state index is 12.4. The summed E-state index contributed by atoms with van der Waals surface area (Å²) in [5.74, 6) is -0.0442. The zero-order valence-electron chi connectivity index (χ0n) is 15.0. The number of aromatic nitrogens is 2. The topological polar surface area (TPSA) is 101 Å². The van der Waals surface area contributed by atoms with E-state index in [2.05, 4.69) is 33.9 Å². The molecule has 1 heterocycles. The minimum absolute atomic E-state index is 0.00634. The van der Waals surface area contributed by atoms with Crippen LogP contribution in [0.1, 0.15) is 39.5 Å². The van der Waals surface area contributed by atoms with E-state index in [-0.39, 0.29) is 22.7 Å². The molecule has 7 nitrogen and oxygen atoms in total. The van der Waals surface area contributed by atoms with Gasteiger partial charge in [-0.05, 0) is 43.2 Å². The van der Waals surface area contributed by atoms with Gasteiger partial charge in [-0.1, -0.05) is 26.7 Å². The van der Waals surface area contributed by atoms with Gasteiger partial charge < -0.3 is 5.32 Å². The van der Waals surface area contributed by atoms with Crippen molar-refractivity contribution in [2.24, 2.45) is 5.92 Å². The van der Waals surface area contributed by atoms with Gasteiger partial charge in [0.25, 0.3) is 10.0 Å². The molecule has 0 saturated carbocycles. The smallest absolute Gasteiger partial charge is 0.264 e. The molecule has 0 spiro atoms. The lowest BCUT2D eigenvalue weighted by Gasteiger charge is -2.15. The van der Waals surface area contributed by atoms with Crippen LogP contribution in [0.2, 0.25) is 0 Å². The second-order valence-electron chi connectivity index (χ2n) is 5.97. The maximum Gasteiger partial charge on any atom is 0.264 e. The van der Waals surface area contributed by atoms with Gasteiger partial charge >= 0.3 is 0 Å². The SMILES string of the molecule is CCCC(CCC)C(=O)Nc1ccc(S(=O)(=O)Nc2ncccn2)cc1. The highest BCUT2D eigenvalue weighted by Gasteiger charge is 2.18. The monoisotopic (exact) mass is 376 g/mol. The molecule has 0 fully saturated rings. The summed E-state index contributed by atoms with van der Waals surface area (Å²) in [5.41, 5.74) is 0.571. The Kier molecular flexibility index (Phi) is 7.08. The normalized spacial score (nSPS) is 11.3. The van der Waals surface area contributed by atoms with E-state index in [1.54, 1.807) is 18.2 Å². The van der Waals surface area contributed by atoms with Crippen molar-refractivity contribution in [3.05, 3.63) is 42.7 Å². The van der Waals surface area contributed by atoms with Gasteiger partial charge in [0.1, 0.15) is 0 Å². The number of rotatable bonds is 9. The van der Waals surface area contributed by atoms with Crippen molar-refractivity contribution in [2.75, 3.05) is 10.0 Å². The molecule has 1 amide bonds. The highest BCUT2D eigenvalue weighted by molar-refractivity contribution is 7.92. The number of hydrogen-bond acceptors (Lipinski definition) is 5. The third-order valence-corrected chi connectivity index (χ3v) is 5.21. The summed E-state index contributed by atoms with van der Waals surface area (Å²) in [7, 11) is -3.78. The fourth-order valence-corrected chi connectivity index (χ4v) is 3.55. The summed E-state index contributed by atoms with van der Waals surface area (Å²) < 4.78 is 27.0. The summed E-state index contributed by atoms with van der Waals surface area (Å²) >= 11 is 0. The van der Waals surface area contributed by atoms with Crippen LogP contribution in [0.4, 0.5) is 11.6 Å². The zero-order chi connectivity index (χ0) is 19.0. The van der Waals surface area contributed by atoms with Crippen LogP contribution < -0.4 is 10.0 Å². The van der Waals surface area contributed by atoms with E-state index in [1.807, 2.05) is 0 Å². The van der Waals surface area contributed by atoms with E-state index in [1.165, 1.54) is 24.5 Å². The number of nitrogens with one attached hydrogen (secondary N) is 2. The molecular weight excluding hydrogens is 352 g/mol. The predicted molar refractivity (Wildman–Crippen MR) is 101 cm³/mol. The van der Waals surface area contributed by atoms with Gasteiger partial charge in [0.15, 0.2) is 0 Å². The van der Waals surface area contributed by atoms with Crippen LogP contribution in [-0.2, 0) is 14.8 Å². The zero-order valence-corrected chi connectivity index (χ0v) is 15.8. The van der Waals surface area contributed by atoms with Crippen molar-refractivity contribution in [1.29, 1.82) is 0 Å².